The van der Waals surface area contributed by atoms with Gasteiger partial charge in [-0.2, -0.15) is 0 Å². The molecule has 5 saturated carbocycles. The van der Waals surface area contributed by atoms with E-state index in [1.807, 2.05) is 0 Å². The Bertz CT molecular complexity index is 928. The highest BCUT2D eigenvalue weighted by Gasteiger charge is 2.73. The van der Waals surface area contributed by atoms with Gasteiger partial charge in [-0.05, 0) is 110 Å². The predicted octanol–water partition coefficient (Wildman–Crippen LogP) is 5.82. The molecule has 0 bridgehead atoms. The standard InChI is InChI=1S/C31H50O5/c1-18(32)24-20(35-7)17-31(26(34)36-8)16-15-29(5)19(25(24)31)9-10-22-28(4)13-12-23(33)27(2,3)21(28)11-14-30(22,29)6/h19-25,33H,9-17H2,1-8H3. The maximum absolute atomic E-state index is 13.5. The number of carbonyl (C=O) groups excluding carboxylic acids is 2. The van der Waals surface area contributed by atoms with Gasteiger partial charge in [0.2, 0.25) is 0 Å². The first-order valence-electron chi connectivity index (χ1n) is 14.5. The number of Topliss-reactive ketones (excluding diaryl/α,β-unsaturated/α-hetero) is 1. The molecule has 11 atom stereocenters. The number of aliphatic hydroxyl groups excluding tert-OH is 1. The third-order valence-electron chi connectivity index (χ3n) is 13.8. The second kappa shape index (κ2) is 8.28. The molecule has 0 heterocycles. The van der Waals surface area contributed by atoms with Crippen molar-refractivity contribution in [2.24, 2.45) is 56.7 Å². The van der Waals surface area contributed by atoms with E-state index in [0.29, 0.717) is 24.2 Å². The van der Waals surface area contributed by atoms with E-state index in [2.05, 4.69) is 34.6 Å². The molecule has 11 unspecified atom stereocenters. The third-order valence-corrected chi connectivity index (χ3v) is 13.8. The van der Waals surface area contributed by atoms with Crippen LogP contribution in [0.2, 0.25) is 0 Å². The minimum Gasteiger partial charge on any atom is -0.469 e. The topological polar surface area (TPSA) is 72.8 Å². The summed E-state index contributed by atoms with van der Waals surface area (Å²) in [4.78, 5) is 26.6. The average Bonchev–Trinajstić information content (AvgIpc) is 3.18. The molecule has 0 aromatic rings. The second-order valence-corrected chi connectivity index (χ2v) is 14.8. The quantitative estimate of drug-likeness (QED) is 0.493. The number of rotatable bonds is 3. The maximum atomic E-state index is 13.5. The van der Waals surface area contributed by atoms with E-state index in [1.165, 1.54) is 7.11 Å². The first-order valence-corrected chi connectivity index (χ1v) is 14.5. The first-order chi connectivity index (χ1) is 16.7. The van der Waals surface area contributed by atoms with E-state index in [4.69, 9.17) is 9.47 Å². The van der Waals surface area contributed by atoms with Crippen molar-refractivity contribution in [3.8, 4) is 0 Å². The Kier molecular flexibility index (Phi) is 6.13. The van der Waals surface area contributed by atoms with Gasteiger partial charge in [-0.3, -0.25) is 9.59 Å². The van der Waals surface area contributed by atoms with E-state index in [0.717, 1.165) is 51.4 Å². The lowest BCUT2D eigenvalue weighted by Crippen LogP contribution is -2.67. The second-order valence-electron chi connectivity index (χ2n) is 14.8. The minimum atomic E-state index is -0.614. The lowest BCUT2D eigenvalue weighted by atomic mass is 9.32. The Morgan fingerprint density at radius 2 is 1.53 bits per heavy atom. The maximum Gasteiger partial charge on any atom is 0.312 e. The summed E-state index contributed by atoms with van der Waals surface area (Å²) >= 11 is 0. The summed E-state index contributed by atoms with van der Waals surface area (Å²) in [5, 5.41) is 10.9. The number of hydrogen-bond acceptors (Lipinski definition) is 5. The van der Waals surface area contributed by atoms with Gasteiger partial charge in [-0.15, -0.1) is 0 Å². The van der Waals surface area contributed by atoms with Crippen molar-refractivity contribution in [3.63, 3.8) is 0 Å². The number of esters is 1. The highest BCUT2D eigenvalue weighted by Crippen LogP contribution is 2.77. The summed E-state index contributed by atoms with van der Waals surface area (Å²) in [5.74, 6) is 1.20. The van der Waals surface area contributed by atoms with E-state index < -0.39 is 5.41 Å². The molecule has 5 aliphatic rings. The first kappa shape index (κ1) is 26.7. The smallest absolute Gasteiger partial charge is 0.312 e. The van der Waals surface area contributed by atoms with Gasteiger partial charge < -0.3 is 14.6 Å². The molecule has 5 aliphatic carbocycles. The number of aliphatic hydroxyl groups is 1. The Balaban J connectivity index is 1.58. The molecule has 204 valence electrons. The number of hydrogen-bond donors (Lipinski definition) is 1. The molecule has 0 spiro atoms. The number of ether oxygens (including phenoxy) is 2. The fourth-order valence-electron chi connectivity index (χ4n) is 11.9. The van der Waals surface area contributed by atoms with Crippen LogP contribution in [0, 0.1) is 56.7 Å². The summed E-state index contributed by atoms with van der Waals surface area (Å²) in [6.07, 6.45) is 8.47. The van der Waals surface area contributed by atoms with Crippen molar-refractivity contribution < 1.29 is 24.2 Å². The molecule has 5 fully saturated rings. The summed E-state index contributed by atoms with van der Waals surface area (Å²) < 4.78 is 11.4. The van der Waals surface area contributed by atoms with Gasteiger partial charge in [0, 0.05) is 13.0 Å². The fourth-order valence-corrected chi connectivity index (χ4v) is 11.9. The number of fused-ring (bicyclic) bond motifs is 7. The molecule has 0 aliphatic heterocycles. The van der Waals surface area contributed by atoms with Crippen LogP contribution in [-0.2, 0) is 19.1 Å². The minimum absolute atomic E-state index is 0.0147. The number of carbonyl (C=O) groups is 2. The fraction of sp³-hybridized carbons (Fsp3) is 0.935. The van der Waals surface area contributed by atoms with E-state index in [9.17, 15) is 14.7 Å². The molecule has 0 aromatic carbocycles. The lowest BCUT2D eigenvalue weighted by Gasteiger charge is -2.72. The molecular weight excluding hydrogens is 452 g/mol. The van der Waals surface area contributed by atoms with Gasteiger partial charge in [0.05, 0.1) is 24.7 Å². The molecule has 0 aromatic heterocycles. The molecule has 0 saturated heterocycles. The predicted molar refractivity (Wildman–Crippen MR) is 139 cm³/mol. The lowest BCUT2D eigenvalue weighted by molar-refractivity contribution is -0.248. The van der Waals surface area contributed by atoms with Crippen molar-refractivity contribution in [1.82, 2.24) is 0 Å². The molecule has 0 amide bonds. The van der Waals surface area contributed by atoms with Gasteiger partial charge in [-0.25, -0.2) is 0 Å². The van der Waals surface area contributed by atoms with Crippen LogP contribution in [0.1, 0.15) is 99.3 Å². The van der Waals surface area contributed by atoms with Crippen molar-refractivity contribution in [1.29, 1.82) is 0 Å². The largest absolute Gasteiger partial charge is 0.469 e. The Labute approximate surface area is 218 Å². The molecule has 5 heteroatoms. The zero-order valence-corrected chi connectivity index (χ0v) is 24.0. The number of ketones is 1. The van der Waals surface area contributed by atoms with Crippen LogP contribution in [0.25, 0.3) is 0 Å². The van der Waals surface area contributed by atoms with Gasteiger partial charge in [0.15, 0.2) is 0 Å². The van der Waals surface area contributed by atoms with Crippen molar-refractivity contribution in [3.05, 3.63) is 0 Å². The average molecular weight is 503 g/mol. The monoisotopic (exact) mass is 502 g/mol. The molecule has 5 nitrogen and oxygen atoms in total. The third kappa shape index (κ3) is 3.08. The molecule has 5 rings (SSSR count). The SMILES string of the molecule is COC(=O)C12CCC3(C)C(CCC4C5(C)CCC(O)C(C)(C)C5CCC43C)C1C(C(C)=O)C(OC)C2. The zero-order valence-electron chi connectivity index (χ0n) is 24.0. The van der Waals surface area contributed by atoms with Crippen molar-refractivity contribution >= 4 is 11.8 Å². The van der Waals surface area contributed by atoms with E-state index in [-0.39, 0.29) is 57.5 Å². The molecular formula is C31H50O5. The van der Waals surface area contributed by atoms with Gasteiger partial charge in [0.25, 0.3) is 0 Å². The Hall–Kier alpha value is -0.940. The van der Waals surface area contributed by atoms with Crippen LogP contribution in [0.3, 0.4) is 0 Å². The zero-order chi connectivity index (χ0) is 26.5. The summed E-state index contributed by atoms with van der Waals surface area (Å²) in [7, 11) is 3.20. The Morgan fingerprint density at radius 3 is 2.14 bits per heavy atom. The van der Waals surface area contributed by atoms with Crippen molar-refractivity contribution in [2.45, 2.75) is 112 Å². The highest BCUT2D eigenvalue weighted by molar-refractivity contribution is 5.84. The van der Waals surface area contributed by atoms with Crippen LogP contribution in [0.4, 0.5) is 0 Å². The van der Waals surface area contributed by atoms with E-state index in [1.54, 1.807) is 14.0 Å². The van der Waals surface area contributed by atoms with Gasteiger partial charge >= 0.3 is 5.97 Å². The molecule has 1 N–H and O–H groups in total. The van der Waals surface area contributed by atoms with E-state index >= 15 is 0 Å². The van der Waals surface area contributed by atoms with Crippen LogP contribution in [0.15, 0.2) is 0 Å². The van der Waals surface area contributed by atoms with Crippen LogP contribution >= 0.6 is 0 Å². The van der Waals surface area contributed by atoms with Crippen LogP contribution in [-0.4, -0.2) is 43.3 Å². The normalized spacial score (nSPS) is 53.4. The highest BCUT2D eigenvalue weighted by atomic mass is 16.5. The summed E-state index contributed by atoms with van der Waals surface area (Å²) in [6.45, 7) is 13.9. The van der Waals surface area contributed by atoms with Crippen LogP contribution in [0.5, 0.6) is 0 Å². The Morgan fingerprint density at radius 1 is 0.833 bits per heavy atom. The summed E-state index contributed by atoms with van der Waals surface area (Å²) in [6, 6.07) is 0. The van der Waals surface area contributed by atoms with Gasteiger partial charge in [-0.1, -0.05) is 34.6 Å². The van der Waals surface area contributed by atoms with Crippen molar-refractivity contribution in [2.75, 3.05) is 14.2 Å². The van der Waals surface area contributed by atoms with Crippen LogP contribution < -0.4 is 0 Å². The summed E-state index contributed by atoms with van der Waals surface area (Å²) in [5.41, 5.74) is -0.255. The number of methoxy groups -OCH3 is 2. The molecule has 36 heavy (non-hydrogen) atoms. The molecule has 0 radical (unpaired) electrons. The van der Waals surface area contributed by atoms with Gasteiger partial charge in [0.1, 0.15) is 5.78 Å².